The maximum Gasteiger partial charge on any atom is 0.242 e. The van der Waals surface area contributed by atoms with E-state index in [1.807, 2.05) is 0 Å². The van der Waals surface area contributed by atoms with Crippen LogP contribution < -0.4 is 10.5 Å². The summed E-state index contributed by atoms with van der Waals surface area (Å²) in [4.78, 5) is -0.0732. The monoisotopic (exact) mass is 296 g/mol. The molecule has 3 N–H and O–H groups in total. The Kier molecular flexibility index (Phi) is 3.98. The normalized spacial score (nSPS) is 12.8. The smallest absolute Gasteiger partial charge is 0.242 e. The summed E-state index contributed by atoms with van der Waals surface area (Å²) in [6.07, 6.45) is 0. The minimum Gasteiger partial charge on any atom is -0.396 e. The second-order valence-corrected chi connectivity index (χ2v) is 7.06. The highest BCUT2D eigenvalue weighted by atomic mass is 35.5. The molecule has 96 valence electrons. The van der Waals surface area contributed by atoms with Crippen LogP contribution in [0.4, 0.5) is 5.69 Å². The molecule has 4 nitrogen and oxygen atoms in total. The molecule has 1 rings (SSSR count). The quantitative estimate of drug-likeness (QED) is 0.824. The lowest BCUT2D eigenvalue weighted by atomic mass is 10.1. The van der Waals surface area contributed by atoms with Crippen molar-refractivity contribution in [2.45, 2.75) is 31.2 Å². The van der Waals surface area contributed by atoms with Crippen LogP contribution in [0.3, 0.4) is 0 Å². The summed E-state index contributed by atoms with van der Waals surface area (Å²) in [5.74, 6) is 0. The third kappa shape index (κ3) is 3.48. The van der Waals surface area contributed by atoms with Crippen LogP contribution in [0.25, 0.3) is 0 Å². The molecule has 0 radical (unpaired) electrons. The lowest BCUT2D eigenvalue weighted by molar-refractivity contribution is 0.491. The van der Waals surface area contributed by atoms with Crippen molar-refractivity contribution < 1.29 is 8.42 Å². The van der Waals surface area contributed by atoms with Crippen LogP contribution in [0.1, 0.15) is 20.8 Å². The molecule has 1 aromatic rings. The Morgan fingerprint density at radius 3 is 2.24 bits per heavy atom. The van der Waals surface area contributed by atoms with E-state index in [2.05, 4.69) is 4.72 Å². The van der Waals surface area contributed by atoms with E-state index in [1.165, 1.54) is 12.1 Å². The lowest BCUT2D eigenvalue weighted by Gasteiger charge is -2.21. The summed E-state index contributed by atoms with van der Waals surface area (Å²) in [5.41, 5.74) is 5.05. The van der Waals surface area contributed by atoms with Gasteiger partial charge in [-0.05, 0) is 32.9 Å². The first-order valence-electron chi connectivity index (χ1n) is 4.82. The highest BCUT2D eigenvalue weighted by molar-refractivity contribution is 7.89. The van der Waals surface area contributed by atoms with Gasteiger partial charge in [-0.1, -0.05) is 23.2 Å². The fourth-order valence-electron chi connectivity index (χ4n) is 1.21. The van der Waals surface area contributed by atoms with Crippen molar-refractivity contribution in [1.82, 2.24) is 4.72 Å². The number of benzene rings is 1. The average Bonchev–Trinajstić information content (AvgIpc) is 2.09. The molecular formula is C10H14Cl2N2O2S. The Labute approximate surface area is 111 Å². The molecular weight excluding hydrogens is 283 g/mol. The third-order valence-corrected chi connectivity index (χ3v) is 4.47. The zero-order chi connectivity index (χ0) is 13.4. The Morgan fingerprint density at radius 1 is 1.24 bits per heavy atom. The van der Waals surface area contributed by atoms with Crippen molar-refractivity contribution in [3.05, 3.63) is 22.2 Å². The van der Waals surface area contributed by atoms with Gasteiger partial charge in [0.1, 0.15) is 4.90 Å². The van der Waals surface area contributed by atoms with Gasteiger partial charge in [0.2, 0.25) is 10.0 Å². The summed E-state index contributed by atoms with van der Waals surface area (Å²) in [5, 5.41) is 0.166. The zero-order valence-corrected chi connectivity index (χ0v) is 12.0. The molecule has 17 heavy (non-hydrogen) atoms. The van der Waals surface area contributed by atoms with E-state index in [0.29, 0.717) is 0 Å². The van der Waals surface area contributed by atoms with Crippen LogP contribution in [0.15, 0.2) is 17.0 Å². The fourth-order valence-corrected chi connectivity index (χ4v) is 3.40. The number of sulfonamides is 1. The van der Waals surface area contributed by atoms with Crippen molar-refractivity contribution in [2.24, 2.45) is 0 Å². The van der Waals surface area contributed by atoms with Crippen molar-refractivity contribution in [3.8, 4) is 0 Å². The molecule has 0 spiro atoms. The Bertz CT molecular complexity index is 536. The van der Waals surface area contributed by atoms with Gasteiger partial charge >= 0.3 is 0 Å². The van der Waals surface area contributed by atoms with Crippen molar-refractivity contribution >= 4 is 38.9 Å². The number of hydrogen-bond acceptors (Lipinski definition) is 3. The molecule has 0 saturated heterocycles. The molecule has 0 aromatic heterocycles. The Morgan fingerprint density at radius 2 is 1.76 bits per heavy atom. The fraction of sp³-hybridized carbons (Fsp3) is 0.400. The number of nitrogens with two attached hydrogens (primary N) is 1. The van der Waals surface area contributed by atoms with E-state index < -0.39 is 15.6 Å². The van der Waals surface area contributed by atoms with Crippen LogP contribution in [0.5, 0.6) is 0 Å². The number of nitrogens with one attached hydrogen (secondary N) is 1. The average molecular weight is 297 g/mol. The minimum absolute atomic E-state index is 0.0603. The van der Waals surface area contributed by atoms with Gasteiger partial charge in [-0.3, -0.25) is 0 Å². The highest BCUT2D eigenvalue weighted by Crippen LogP contribution is 2.33. The Balaban J connectivity index is 3.31. The van der Waals surface area contributed by atoms with Crippen molar-refractivity contribution in [1.29, 1.82) is 0 Å². The van der Waals surface area contributed by atoms with E-state index in [9.17, 15) is 8.42 Å². The highest BCUT2D eigenvalue weighted by Gasteiger charge is 2.25. The largest absolute Gasteiger partial charge is 0.396 e. The van der Waals surface area contributed by atoms with E-state index in [1.54, 1.807) is 20.8 Å². The van der Waals surface area contributed by atoms with Crippen LogP contribution in [0, 0.1) is 0 Å². The summed E-state index contributed by atoms with van der Waals surface area (Å²) in [6, 6.07) is 2.73. The number of anilines is 1. The third-order valence-electron chi connectivity index (χ3n) is 1.82. The molecule has 0 fully saturated rings. The molecule has 0 atom stereocenters. The number of rotatable bonds is 2. The molecule has 1 aromatic carbocycles. The molecule has 0 saturated carbocycles. The molecule has 0 aliphatic rings. The van der Waals surface area contributed by atoms with Gasteiger partial charge in [-0.25, -0.2) is 13.1 Å². The maximum atomic E-state index is 12.0. The summed E-state index contributed by atoms with van der Waals surface area (Å²) >= 11 is 11.6. The molecule has 0 amide bonds. The van der Waals surface area contributed by atoms with E-state index in [0.717, 1.165) is 0 Å². The van der Waals surface area contributed by atoms with Gasteiger partial charge in [0.05, 0.1) is 15.7 Å². The van der Waals surface area contributed by atoms with E-state index >= 15 is 0 Å². The van der Waals surface area contributed by atoms with Crippen LogP contribution in [-0.4, -0.2) is 14.0 Å². The van der Waals surface area contributed by atoms with Gasteiger partial charge in [0.15, 0.2) is 0 Å². The zero-order valence-electron chi connectivity index (χ0n) is 9.71. The molecule has 7 heteroatoms. The second kappa shape index (κ2) is 4.65. The number of nitrogen functional groups attached to an aromatic ring is 1. The summed E-state index contributed by atoms with van der Waals surface area (Å²) in [7, 11) is -3.71. The molecule has 0 bridgehead atoms. The summed E-state index contributed by atoms with van der Waals surface area (Å²) < 4.78 is 26.6. The first kappa shape index (κ1) is 14.6. The van der Waals surface area contributed by atoms with Gasteiger partial charge < -0.3 is 5.73 Å². The van der Waals surface area contributed by atoms with Crippen molar-refractivity contribution in [2.75, 3.05) is 5.73 Å². The predicted octanol–water partition coefficient (Wildman–Crippen LogP) is 2.65. The van der Waals surface area contributed by atoms with Gasteiger partial charge in [0, 0.05) is 5.54 Å². The predicted molar refractivity (Wildman–Crippen MR) is 70.9 cm³/mol. The van der Waals surface area contributed by atoms with E-state index in [-0.39, 0.29) is 20.6 Å². The van der Waals surface area contributed by atoms with Crippen molar-refractivity contribution in [3.63, 3.8) is 0 Å². The molecule has 0 heterocycles. The minimum atomic E-state index is -3.71. The lowest BCUT2D eigenvalue weighted by Crippen LogP contribution is -2.40. The topological polar surface area (TPSA) is 72.2 Å². The van der Waals surface area contributed by atoms with Crippen LogP contribution in [-0.2, 0) is 10.0 Å². The summed E-state index contributed by atoms with van der Waals surface area (Å²) in [6.45, 7) is 5.20. The van der Waals surface area contributed by atoms with Crippen LogP contribution in [0.2, 0.25) is 10.0 Å². The van der Waals surface area contributed by atoms with E-state index in [4.69, 9.17) is 28.9 Å². The Hall–Kier alpha value is -0.490. The van der Waals surface area contributed by atoms with Gasteiger partial charge in [-0.15, -0.1) is 0 Å². The first-order chi connectivity index (χ1) is 7.54. The number of halogens is 2. The van der Waals surface area contributed by atoms with Crippen LogP contribution >= 0.6 is 23.2 Å². The second-order valence-electron chi connectivity index (χ2n) is 4.63. The first-order valence-corrected chi connectivity index (χ1v) is 7.06. The number of hydrogen-bond donors (Lipinski definition) is 2. The maximum absolute atomic E-state index is 12.0. The van der Waals surface area contributed by atoms with Gasteiger partial charge in [0.25, 0.3) is 0 Å². The molecule has 0 aliphatic carbocycles. The molecule has 0 unspecified atom stereocenters. The SMILES string of the molecule is CC(C)(C)NS(=O)(=O)c1ccc(Cl)c(N)c1Cl. The van der Waals surface area contributed by atoms with Gasteiger partial charge in [-0.2, -0.15) is 0 Å². The molecule has 0 aliphatic heterocycles. The standard InChI is InChI=1S/C10H14Cl2N2O2S/c1-10(2,3)14-17(15,16)7-5-4-6(11)9(13)8(7)12/h4-5,14H,13H2,1-3H3.